The lowest BCUT2D eigenvalue weighted by atomic mass is 9.69. The van der Waals surface area contributed by atoms with Crippen LogP contribution < -0.4 is 4.90 Å². The number of piperazine rings is 1. The number of imide groups is 1. The van der Waals surface area contributed by atoms with Gasteiger partial charge in [-0.15, -0.1) is 0 Å². The Balaban J connectivity index is 1.000. The van der Waals surface area contributed by atoms with Crippen LogP contribution in [0.4, 0.5) is 5.82 Å². The van der Waals surface area contributed by atoms with Crippen LogP contribution in [0.5, 0.6) is 0 Å². The molecule has 6 nitrogen and oxygen atoms in total. The van der Waals surface area contributed by atoms with E-state index in [1.54, 1.807) is 16.4 Å². The molecule has 3 saturated carbocycles. The summed E-state index contributed by atoms with van der Waals surface area (Å²) in [5.74, 6) is 3.37. The first-order valence-corrected chi connectivity index (χ1v) is 15.0. The molecule has 7 rings (SSSR count). The van der Waals surface area contributed by atoms with Crippen LogP contribution in [0.2, 0.25) is 0 Å². The molecule has 5 aliphatic rings. The molecular weight excluding hydrogens is 468 g/mol. The molecule has 1 aromatic heterocycles. The van der Waals surface area contributed by atoms with Gasteiger partial charge in [0.15, 0.2) is 0 Å². The fourth-order valence-electron chi connectivity index (χ4n) is 8.68. The van der Waals surface area contributed by atoms with Gasteiger partial charge in [0.1, 0.15) is 5.82 Å². The second kappa shape index (κ2) is 8.80. The third-order valence-electron chi connectivity index (χ3n) is 10.7. The maximum atomic E-state index is 13.6. The highest BCUT2D eigenvalue weighted by atomic mass is 32.1. The molecule has 0 unspecified atom stereocenters. The van der Waals surface area contributed by atoms with Gasteiger partial charge in [0.2, 0.25) is 11.8 Å². The molecule has 2 bridgehead atoms. The summed E-state index contributed by atoms with van der Waals surface area (Å²) in [7, 11) is 0. The Bertz CT molecular complexity index is 1170. The van der Waals surface area contributed by atoms with Crippen LogP contribution in [0, 0.1) is 35.0 Å². The maximum Gasteiger partial charge on any atom is 0.236 e. The van der Waals surface area contributed by atoms with E-state index in [-0.39, 0.29) is 17.7 Å². The van der Waals surface area contributed by atoms with E-state index in [2.05, 4.69) is 41.0 Å². The van der Waals surface area contributed by atoms with Crippen molar-refractivity contribution in [2.24, 2.45) is 35.0 Å². The summed E-state index contributed by atoms with van der Waals surface area (Å²) < 4.78 is 6.03. The first-order valence-electron chi connectivity index (χ1n) is 14.2. The van der Waals surface area contributed by atoms with Crippen molar-refractivity contribution in [3.8, 4) is 0 Å². The Morgan fingerprint density at radius 3 is 2.50 bits per heavy atom. The summed E-state index contributed by atoms with van der Waals surface area (Å²) >= 11 is 1.60. The van der Waals surface area contributed by atoms with E-state index >= 15 is 0 Å². The summed E-state index contributed by atoms with van der Waals surface area (Å²) in [6.45, 7) is 8.01. The summed E-state index contributed by atoms with van der Waals surface area (Å²) in [6.07, 6.45) is 8.27. The average molecular weight is 507 g/mol. The van der Waals surface area contributed by atoms with Gasteiger partial charge in [0.05, 0.1) is 16.0 Å². The van der Waals surface area contributed by atoms with Crippen molar-refractivity contribution in [2.75, 3.05) is 44.2 Å². The second-order valence-electron chi connectivity index (χ2n) is 12.4. The Morgan fingerprint density at radius 2 is 1.72 bits per heavy atom. The molecule has 2 saturated heterocycles. The largest absolute Gasteiger partial charge is 0.353 e. The van der Waals surface area contributed by atoms with Crippen LogP contribution in [0.15, 0.2) is 24.3 Å². The zero-order valence-electron chi connectivity index (χ0n) is 21.4. The molecule has 3 heterocycles. The Morgan fingerprint density at radius 1 is 0.972 bits per heavy atom. The zero-order chi connectivity index (χ0) is 24.4. The Labute approximate surface area is 218 Å². The number of fused-ring (bicyclic) bond motifs is 6. The molecule has 36 heavy (non-hydrogen) atoms. The monoisotopic (exact) mass is 506 g/mol. The van der Waals surface area contributed by atoms with Crippen LogP contribution in [-0.4, -0.2) is 65.3 Å². The molecule has 6 atom stereocenters. The van der Waals surface area contributed by atoms with E-state index in [1.807, 2.05) is 0 Å². The van der Waals surface area contributed by atoms with Crippen molar-refractivity contribution in [1.29, 1.82) is 0 Å². The summed E-state index contributed by atoms with van der Waals surface area (Å²) in [5.41, 5.74) is -0.402. The van der Waals surface area contributed by atoms with Crippen LogP contribution in [-0.2, 0) is 9.59 Å². The Kier molecular flexibility index (Phi) is 5.66. The van der Waals surface area contributed by atoms with E-state index in [0.29, 0.717) is 30.2 Å². The normalized spacial score (nSPS) is 36.9. The highest BCUT2D eigenvalue weighted by molar-refractivity contribution is 7.13. The number of hydrogen-bond acceptors (Lipinski definition) is 6. The molecule has 2 aromatic rings. The van der Waals surface area contributed by atoms with E-state index in [4.69, 9.17) is 4.37 Å². The highest BCUT2D eigenvalue weighted by Crippen LogP contribution is 2.63. The lowest BCUT2D eigenvalue weighted by Crippen LogP contribution is -2.50. The van der Waals surface area contributed by atoms with Gasteiger partial charge < -0.3 is 4.90 Å². The van der Waals surface area contributed by atoms with Gasteiger partial charge in [-0.25, -0.2) is 0 Å². The molecule has 2 aliphatic heterocycles. The van der Waals surface area contributed by atoms with E-state index in [9.17, 15) is 9.59 Å². The smallest absolute Gasteiger partial charge is 0.236 e. The van der Waals surface area contributed by atoms with Gasteiger partial charge in [-0.1, -0.05) is 25.0 Å². The van der Waals surface area contributed by atoms with Gasteiger partial charge in [0.25, 0.3) is 0 Å². The second-order valence-corrected chi connectivity index (χ2v) is 13.2. The van der Waals surface area contributed by atoms with Gasteiger partial charge in [-0.2, -0.15) is 4.37 Å². The molecule has 0 N–H and O–H groups in total. The molecule has 7 heteroatoms. The Hall–Kier alpha value is -1.99. The minimum Gasteiger partial charge on any atom is -0.353 e. The van der Waals surface area contributed by atoms with Crippen molar-refractivity contribution >= 4 is 39.3 Å². The van der Waals surface area contributed by atoms with Crippen molar-refractivity contribution in [2.45, 2.75) is 51.9 Å². The maximum absolute atomic E-state index is 13.6. The predicted octanol–water partition coefficient (Wildman–Crippen LogP) is 4.65. The SMILES string of the molecule is C[C@@]12C(=O)N(C[C@@H]3CCCC[C@H]3CN3CCN(c4nsc5ccccc45)CC3)C(=O)[C@@H]1[C@H]1CC[C@@H]2C1. The fourth-order valence-corrected chi connectivity index (χ4v) is 9.47. The molecule has 192 valence electrons. The third kappa shape index (κ3) is 3.48. The average Bonchev–Trinajstić information content (AvgIpc) is 3.65. The third-order valence-corrected chi connectivity index (χ3v) is 11.5. The standard InChI is InChI=1S/C29H38N4O2S/c1-29-22-11-10-19(16-22)25(29)27(34)33(28(29)35)18-21-7-3-2-6-20(21)17-31-12-14-32(15-13-31)26-23-8-4-5-9-24(23)36-30-26/h4-5,8-9,19-22,25H,2-3,6-7,10-18H2,1H3/t19-,20-,21-,22+,25-,29-/m0/s1. The van der Waals surface area contributed by atoms with Crippen LogP contribution in [0.1, 0.15) is 51.9 Å². The molecule has 3 aliphatic carbocycles. The number of benzene rings is 1. The summed E-state index contributed by atoms with van der Waals surface area (Å²) in [4.78, 5) is 33.9. The minimum atomic E-state index is -0.402. The molecular formula is C29H38N4O2S. The van der Waals surface area contributed by atoms with Gasteiger partial charge in [-0.3, -0.25) is 19.4 Å². The molecule has 0 spiro atoms. The van der Waals surface area contributed by atoms with Crippen LogP contribution in [0.3, 0.4) is 0 Å². The number of likely N-dealkylation sites (tertiary alicyclic amines) is 1. The van der Waals surface area contributed by atoms with Gasteiger partial charge in [-0.05, 0) is 86.4 Å². The van der Waals surface area contributed by atoms with Gasteiger partial charge >= 0.3 is 0 Å². The lowest BCUT2D eigenvalue weighted by molar-refractivity contribution is -0.143. The minimum absolute atomic E-state index is 0.0272. The van der Waals surface area contributed by atoms with E-state index < -0.39 is 5.41 Å². The van der Waals surface area contributed by atoms with Crippen molar-refractivity contribution in [3.63, 3.8) is 0 Å². The van der Waals surface area contributed by atoms with Crippen LogP contribution >= 0.6 is 11.5 Å². The molecule has 1 aromatic carbocycles. The number of nitrogens with zero attached hydrogens (tertiary/aromatic N) is 4. The van der Waals surface area contributed by atoms with Crippen molar-refractivity contribution < 1.29 is 9.59 Å². The zero-order valence-corrected chi connectivity index (χ0v) is 22.2. The number of carbonyl (C=O) groups excluding carboxylic acids is 2. The molecule has 5 fully saturated rings. The molecule has 2 amide bonds. The lowest BCUT2D eigenvalue weighted by Gasteiger charge is -2.40. The first kappa shape index (κ1) is 23.2. The van der Waals surface area contributed by atoms with Crippen molar-refractivity contribution in [3.05, 3.63) is 24.3 Å². The van der Waals surface area contributed by atoms with Crippen molar-refractivity contribution in [1.82, 2.24) is 14.2 Å². The van der Waals surface area contributed by atoms with Crippen LogP contribution in [0.25, 0.3) is 10.1 Å². The fraction of sp³-hybridized carbons (Fsp3) is 0.690. The number of anilines is 1. The number of hydrogen-bond donors (Lipinski definition) is 0. The number of amides is 2. The van der Waals surface area contributed by atoms with E-state index in [0.717, 1.165) is 64.2 Å². The van der Waals surface area contributed by atoms with E-state index in [1.165, 1.54) is 29.3 Å². The first-order chi connectivity index (χ1) is 17.5. The predicted molar refractivity (Wildman–Crippen MR) is 143 cm³/mol. The quantitative estimate of drug-likeness (QED) is 0.553. The summed E-state index contributed by atoms with van der Waals surface area (Å²) in [5, 5.41) is 1.27. The molecule has 0 radical (unpaired) electrons. The number of carbonyl (C=O) groups is 2. The number of aromatic nitrogens is 1. The summed E-state index contributed by atoms with van der Waals surface area (Å²) in [6, 6.07) is 8.54. The topological polar surface area (TPSA) is 56.8 Å². The number of rotatable bonds is 5. The van der Waals surface area contributed by atoms with Gasteiger partial charge in [0, 0.05) is 44.7 Å². The highest BCUT2D eigenvalue weighted by Gasteiger charge is 2.68.